The summed E-state index contributed by atoms with van der Waals surface area (Å²) in [5.41, 5.74) is 0. The van der Waals surface area contributed by atoms with Crippen molar-refractivity contribution in [3.05, 3.63) is 0 Å². The first-order valence-electron chi connectivity index (χ1n) is 5.79. The quantitative estimate of drug-likeness (QED) is 0.601. The monoisotopic (exact) mass is 230 g/mol. The number of nitrogens with one attached hydrogen (secondary N) is 1. The van der Waals surface area contributed by atoms with Crippen molar-refractivity contribution in [2.24, 2.45) is 5.92 Å². The van der Waals surface area contributed by atoms with Crippen LogP contribution in [0, 0.1) is 5.92 Å². The minimum absolute atomic E-state index is 0.0308. The molecule has 0 spiro atoms. The number of carbonyl (C=O) groups excluding carboxylic acids is 1. The van der Waals surface area contributed by atoms with Gasteiger partial charge in [-0.2, -0.15) is 0 Å². The summed E-state index contributed by atoms with van der Waals surface area (Å²) >= 11 is 0. The predicted octanol–water partition coefficient (Wildman–Crippen LogP) is -0.548. The van der Waals surface area contributed by atoms with E-state index in [9.17, 15) is 9.90 Å². The standard InChI is InChI=1S/C11H22N2O3/c1-9(14)10-3-5-13(7-10)8-11(15)12-4-6-16-2/h9-10,14H,3-8H2,1-2H3,(H,12,15). The fraction of sp³-hybridized carbons (Fsp3) is 0.909. The van der Waals surface area contributed by atoms with E-state index in [0.717, 1.165) is 19.5 Å². The Morgan fingerprint density at radius 2 is 2.44 bits per heavy atom. The lowest BCUT2D eigenvalue weighted by Gasteiger charge is -2.16. The highest BCUT2D eigenvalue weighted by molar-refractivity contribution is 5.78. The van der Waals surface area contributed by atoms with Crippen LogP contribution in [0.15, 0.2) is 0 Å². The number of methoxy groups -OCH3 is 1. The second kappa shape index (κ2) is 6.83. The van der Waals surface area contributed by atoms with Crippen LogP contribution in [0.4, 0.5) is 0 Å². The molecule has 94 valence electrons. The van der Waals surface area contributed by atoms with Gasteiger partial charge in [-0.25, -0.2) is 0 Å². The van der Waals surface area contributed by atoms with Gasteiger partial charge in [-0.05, 0) is 25.8 Å². The highest BCUT2D eigenvalue weighted by Gasteiger charge is 2.26. The van der Waals surface area contributed by atoms with Gasteiger partial charge in [0, 0.05) is 20.2 Å². The van der Waals surface area contributed by atoms with Crippen LogP contribution in [0.2, 0.25) is 0 Å². The Morgan fingerprint density at radius 3 is 3.00 bits per heavy atom. The Morgan fingerprint density at radius 1 is 1.69 bits per heavy atom. The third-order valence-electron chi connectivity index (χ3n) is 2.99. The summed E-state index contributed by atoms with van der Waals surface area (Å²) in [6.07, 6.45) is 0.699. The van der Waals surface area contributed by atoms with Crippen molar-refractivity contribution in [1.82, 2.24) is 10.2 Å². The summed E-state index contributed by atoms with van der Waals surface area (Å²) in [4.78, 5) is 13.6. The Balaban J connectivity index is 2.16. The summed E-state index contributed by atoms with van der Waals surface area (Å²) in [5, 5.41) is 12.2. The zero-order valence-electron chi connectivity index (χ0n) is 10.1. The molecule has 2 atom stereocenters. The molecule has 1 rings (SSSR count). The van der Waals surface area contributed by atoms with E-state index in [-0.39, 0.29) is 12.0 Å². The van der Waals surface area contributed by atoms with Crippen molar-refractivity contribution in [1.29, 1.82) is 0 Å². The van der Waals surface area contributed by atoms with Crippen LogP contribution in [0.1, 0.15) is 13.3 Å². The first-order valence-corrected chi connectivity index (χ1v) is 5.79. The van der Waals surface area contributed by atoms with Crippen LogP contribution < -0.4 is 5.32 Å². The van der Waals surface area contributed by atoms with Crippen LogP contribution in [-0.4, -0.2) is 61.9 Å². The van der Waals surface area contributed by atoms with E-state index in [1.807, 2.05) is 6.92 Å². The van der Waals surface area contributed by atoms with Gasteiger partial charge in [0.1, 0.15) is 0 Å². The van der Waals surface area contributed by atoms with Crippen LogP contribution in [0.25, 0.3) is 0 Å². The lowest BCUT2D eigenvalue weighted by atomic mass is 10.0. The summed E-state index contributed by atoms with van der Waals surface area (Å²) < 4.78 is 4.85. The van der Waals surface area contributed by atoms with Crippen molar-refractivity contribution >= 4 is 5.91 Å². The zero-order chi connectivity index (χ0) is 12.0. The summed E-state index contributed by atoms with van der Waals surface area (Å²) in [6.45, 7) is 5.05. The number of aliphatic hydroxyl groups excluding tert-OH is 1. The molecule has 16 heavy (non-hydrogen) atoms. The Hall–Kier alpha value is -0.650. The molecule has 0 aromatic heterocycles. The van der Waals surface area contributed by atoms with E-state index in [1.165, 1.54) is 0 Å². The van der Waals surface area contributed by atoms with E-state index in [1.54, 1.807) is 7.11 Å². The van der Waals surface area contributed by atoms with Crippen LogP contribution >= 0.6 is 0 Å². The minimum atomic E-state index is -0.276. The summed E-state index contributed by atoms with van der Waals surface area (Å²) in [7, 11) is 1.61. The van der Waals surface area contributed by atoms with Gasteiger partial charge in [0.25, 0.3) is 0 Å². The molecule has 1 amide bonds. The van der Waals surface area contributed by atoms with Gasteiger partial charge in [-0.15, -0.1) is 0 Å². The second-order valence-corrected chi connectivity index (χ2v) is 4.37. The first-order chi connectivity index (χ1) is 7.63. The van der Waals surface area contributed by atoms with Crippen molar-refractivity contribution in [3.63, 3.8) is 0 Å². The average Bonchev–Trinajstić information content (AvgIpc) is 2.66. The highest BCUT2D eigenvalue weighted by atomic mass is 16.5. The fourth-order valence-electron chi connectivity index (χ4n) is 1.95. The zero-order valence-corrected chi connectivity index (χ0v) is 10.1. The third-order valence-corrected chi connectivity index (χ3v) is 2.99. The molecule has 5 nitrogen and oxygen atoms in total. The Bertz CT molecular complexity index is 221. The molecular weight excluding hydrogens is 208 g/mol. The molecule has 0 radical (unpaired) electrons. The van der Waals surface area contributed by atoms with Crippen LogP contribution in [0.3, 0.4) is 0 Å². The van der Waals surface area contributed by atoms with Gasteiger partial charge >= 0.3 is 0 Å². The molecule has 1 aliphatic heterocycles. The maximum atomic E-state index is 11.5. The molecular formula is C11H22N2O3. The fourth-order valence-corrected chi connectivity index (χ4v) is 1.95. The van der Waals surface area contributed by atoms with Gasteiger partial charge < -0.3 is 15.2 Å². The molecule has 2 unspecified atom stereocenters. The molecule has 2 N–H and O–H groups in total. The summed E-state index contributed by atoms with van der Waals surface area (Å²) in [5.74, 6) is 0.343. The average molecular weight is 230 g/mol. The lowest BCUT2D eigenvalue weighted by Crippen LogP contribution is -2.37. The van der Waals surface area contributed by atoms with Crippen LogP contribution in [-0.2, 0) is 9.53 Å². The third kappa shape index (κ3) is 4.47. The van der Waals surface area contributed by atoms with Crippen molar-refractivity contribution in [2.75, 3.05) is 39.9 Å². The number of hydrogen-bond donors (Lipinski definition) is 2. The van der Waals surface area contributed by atoms with Crippen LogP contribution in [0.5, 0.6) is 0 Å². The Labute approximate surface area is 96.8 Å². The summed E-state index contributed by atoms with van der Waals surface area (Å²) in [6, 6.07) is 0. The maximum absolute atomic E-state index is 11.5. The molecule has 1 saturated heterocycles. The molecule has 1 heterocycles. The van der Waals surface area contributed by atoms with Gasteiger partial charge in [-0.1, -0.05) is 0 Å². The van der Waals surface area contributed by atoms with E-state index in [4.69, 9.17) is 4.74 Å². The Kier molecular flexibility index (Phi) is 5.73. The molecule has 1 fully saturated rings. The van der Waals surface area contributed by atoms with Gasteiger partial charge in [0.05, 0.1) is 19.3 Å². The van der Waals surface area contributed by atoms with Gasteiger partial charge in [0.2, 0.25) is 5.91 Å². The van der Waals surface area contributed by atoms with E-state index < -0.39 is 0 Å². The smallest absolute Gasteiger partial charge is 0.234 e. The molecule has 0 bridgehead atoms. The first kappa shape index (κ1) is 13.4. The second-order valence-electron chi connectivity index (χ2n) is 4.37. The van der Waals surface area contributed by atoms with Crippen molar-refractivity contribution < 1.29 is 14.6 Å². The number of carbonyl (C=O) groups is 1. The number of ether oxygens (including phenoxy) is 1. The SMILES string of the molecule is COCCNC(=O)CN1CCC(C(C)O)C1. The number of hydrogen-bond acceptors (Lipinski definition) is 4. The van der Waals surface area contributed by atoms with Crippen molar-refractivity contribution in [2.45, 2.75) is 19.4 Å². The van der Waals surface area contributed by atoms with Crippen molar-refractivity contribution in [3.8, 4) is 0 Å². The maximum Gasteiger partial charge on any atom is 0.234 e. The molecule has 0 saturated carbocycles. The van der Waals surface area contributed by atoms with E-state index in [2.05, 4.69) is 10.2 Å². The molecule has 1 aliphatic rings. The molecule has 5 heteroatoms. The van der Waals surface area contributed by atoms with Gasteiger partial charge in [-0.3, -0.25) is 9.69 Å². The number of likely N-dealkylation sites (tertiary alicyclic amines) is 1. The number of aliphatic hydroxyl groups is 1. The number of rotatable bonds is 6. The predicted molar refractivity (Wildman–Crippen MR) is 61.1 cm³/mol. The van der Waals surface area contributed by atoms with E-state index in [0.29, 0.717) is 25.6 Å². The minimum Gasteiger partial charge on any atom is -0.393 e. The lowest BCUT2D eigenvalue weighted by molar-refractivity contribution is -0.122. The topological polar surface area (TPSA) is 61.8 Å². The highest BCUT2D eigenvalue weighted by Crippen LogP contribution is 2.18. The molecule has 0 aromatic carbocycles. The normalized spacial score (nSPS) is 23.3. The largest absolute Gasteiger partial charge is 0.393 e. The number of nitrogens with zero attached hydrogens (tertiary/aromatic N) is 1. The van der Waals surface area contributed by atoms with E-state index >= 15 is 0 Å². The van der Waals surface area contributed by atoms with Gasteiger partial charge in [0.15, 0.2) is 0 Å². The number of amides is 1. The molecule has 0 aliphatic carbocycles. The molecule has 0 aromatic rings.